The molecule has 1 aromatic carbocycles. The van der Waals surface area contributed by atoms with E-state index in [1.54, 1.807) is 12.1 Å². The molecule has 1 heterocycles. The Morgan fingerprint density at radius 3 is 2.47 bits per heavy atom. The second kappa shape index (κ2) is 3.73. The van der Waals surface area contributed by atoms with E-state index < -0.39 is 0 Å². The van der Waals surface area contributed by atoms with Crippen LogP contribution in [0.5, 0.6) is 0 Å². The Kier molecular flexibility index (Phi) is 2.41. The third-order valence-electron chi connectivity index (χ3n) is 2.23. The summed E-state index contributed by atoms with van der Waals surface area (Å²) in [7, 11) is 0. The molecule has 1 fully saturated rings. The van der Waals surface area contributed by atoms with Crippen LogP contribution < -0.4 is 5.06 Å². The van der Waals surface area contributed by atoms with Crippen LogP contribution in [-0.2, 0) is 14.4 Å². The lowest BCUT2D eigenvalue weighted by Crippen LogP contribution is -2.38. The van der Waals surface area contributed by atoms with Crippen LogP contribution in [0.15, 0.2) is 24.3 Å². The normalized spacial score (nSPS) is 16.5. The van der Waals surface area contributed by atoms with Crippen LogP contribution in [-0.4, -0.2) is 11.9 Å². The zero-order chi connectivity index (χ0) is 10.8. The molecule has 0 aliphatic carbocycles. The lowest BCUT2D eigenvalue weighted by atomic mass is 10.2. The van der Waals surface area contributed by atoms with E-state index in [1.807, 2.05) is 19.1 Å². The molecular formula is C11H11NO3. The predicted molar refractivity (Wildman–Crippen MR) is 54.0 cm³/mol. The van der Waals surface area contributed by atoms with E-state index in [2.05, 4.69) is 0 Å². The molecule has 1 amide bonds. The largest absolute Gasteiger partial charge is 0.333 e. The summed E-state index contributed by atoms with van der Waals surface area (Å²) in [5, 5.41) is 1.06. The first-order chi connectivity index (χ1) is 7.16. The molecule has 1 aliphatic rings. The summed E-state index contributed by atoms with van der Waals surface area (Å²) in [6.07, 6.45) is 0.383. The molecule has 78 valence electrons. The van der Waals surface area contributed by atoms with Crippen molar-refractivity contribution in [2.24, 2.45) is 0 Å². The van der Waals surface area contributed by atoms with E-state index in [4.69, 9.17) is 4.84 Å². The maximum Gasteiger partial charge on any atom is 0.333 e. The van der Waals surface area contributed by atoms with Crippen LogP contribution in [0, 0.1) is 6.92 Å². The Morgan fingerprint density at radius 2 is 1.80 bits per heavy atom. The quantitative estimate of drug-likeness (QED) is 0.699. The van der Waals surface area contributed by atoms with Gasteiger partial charge in [0.1, 0.15) is 0 Å². The number of aryl methyl sites for hydroxylation is 1. The topological polar surface area (TPSA) is 46.6 Å². The number of carbonyl (C=O) groups excluding carboxylic acids is 2. The number of nitrogens with zero attached hydrogens (tertiary/aromatic N) is 1. The first kappa shape index (κ1) is 9.71. The van der Waals surface area contributed by atoms with Crippen LogP contribution in [0.2, 0.25) is 0 Å². The van der Waals surface area contributed by atoms with Crippen molar-refractivity contribution >= 4 is 17.6 Å². The molecule has 1 aromatic rings. The Hall–Kier alpha value is -1.84. The molecule has 0 N–H and O–H groups in total. The van der Waals surface area contributed by atoms with E-state index in [0.29, 0.717) is 5.69 Å². The van der Waals surface area contributed by atoms with Crippen molar-refractivity contribution in [2.75, 3.05) is 5.06 Å². The minimum absolute atomic E-state index is 0.168. The van der Waals surface area contributed by atoms with Gasteiger partial charge in [0, 0.05) is 6.42 Å². The Labute approximate surface area is 87.4 Å². The SMILES string of the molecule is Cc1ccc(N2OC(=O)CCC2=O)cc1. The lowest BCUT2D eigenvalue weighted by Gasteiger charge is -2.24. The van der Waals surface area contributed by atoms with E-state index in [1.165, 1.54) is 0 Å². The summed E-state index contributed by atoms with van der Waals surface area (Å²) in [5.41, 5.74) is 1.69. The maximum absolute atomic E-state index is 11.5. The zero-order valence-corrected chi connectivity index (χ0v) is 8.40. The van der Waals surface area contributed by atoms with Gasteiger partial charge in [0.15, 0.2) is 0 Å². The summed E-state index contributed by atoms with van der Waals surface area (Å²) >= 11 is 0. The highest BCUT2D eigenvalue weighted by Gasteiger charge is 2.26. The summed E-state index contributed by atoms with van der Waals surface area (Å²) < 4.78 is 0. The van der Waals surface area contributed by atoms with E-state index in [9.17, 15) is 9.59 Å². The average molecular weight is 205 g/mol. The minimum atomic E-state index is -0.366. The molecule has 0 radical (unpaired) electrons. The zero-order valence-electron chi connectivity index (χ0n) is 8.40. The third kappa shape index (κ3) is 1.98. The average Bonchev–Trinajstić information content (AvgIpc) is 2.23. The van der Waals surface area contributed by atoms with Crippen molar-refractivity contribution in [3.8, 4) is 0 Å². The summed E-state index contributed by atoms with van der Waals surface area (Å²) in [4.78, 5) is 27.4. The highest BCUT2D eigenvalue weighted by molar-refractivity contribution is 5.97. The summed E-state index contributed by atoms with van der Waals surface area (Å²) in [6.45, 7) is 1.95. The Balaban J connectivity index is 2.25. The van der Waals surface area contributed by atoms with Gasteiger partial charge in [-0.2, -0.15) is 0 Å². The van der Waals surface area contributed by atoms with Gasteiger partial charge in [-0.3, -0.25) is 4.79 Å². The number of hydrogen-bond donors (Lipinski definition) is 0. The fourth-order valence-electron chi connectivity index (χ4n) is 1.39. The molecule has 4 nitrogen and oxygen atoms in total. The lowest BCUT2D eigenvalue weighted by molar-refractivity contribution is -0.155. The van der Waals surface area contributed by atoms with Crippen molar-refractivity contribution < 1.29 is 14.4 Å². The van der Waals surface area contributed by atoms with Crippen molar-refractivity contribution in [3.05, 3.63) is 29.8 Å². The van der Waals surface area contributed by atoms with Gasteiger partial charge in [0.25, 0.3) is 5.91 Å². The number of hydrogen-bond acceptors (Lipinski definition) is 3. The Morgan fingerprint density at radius 1 is 1.13 bits per heavy atom. The molecule has 4 heteroatoms. The molecule has 1 aliphatic heterocycles. The fourth-order valence-corrected chi connectivity index (χ4v) is 1.39. The number of rotatable bonds is 1. The van der Waals surface area contributed by atoms with Crippen LogP contribution in [0.25, 0.3) is 0 Å². The standard InChI is InChI=1S/C11H11NO3/c1-8-2-4-9(5-3-8)12-10(13)6-7-11(14)15-12/h2-5H,6-7H2,1H3. The molecule has 0 spiro atoms. The van der Waals surface area contributed by atoms with Gasteiger partial charge in [-0.05, 0) is 19.1 Å². The van der Waals surface area contributed by atoms with Gasteiger partial charge in [0.2, 0.25) is 0 Å². The van der Waals surface area contributed by atoms with Gasteiger partial charge in [-0.25, -0.2) is 4.79 Å². The molecule has 0 unspecified atom stereocenters. The second-order valence-electron chi connectivity index (χ2n) is 3.49. The van der Waals surface area contributed by atoms with Crippen molar-refractivity contribution in [1.82, 2.24) is 0 Å². The van der Waals surface area contributed by atoms with Crippen molar-refractivity contribution in [3.63, 3.8) is 0 Å². The van der Waals surface area contributed by atoms with Gasteiger partial charge < -0.3 is 4.84 Å². The van der Waals surface area contributed by atoms with E-state index >= 15 is 0 Å². The van der Waals surface area contributed by atoms with Crippen molar-refractivity contribution in [2.45, 2.75) is 19.8 Å². The predicted octanol–water partition coefficient (Wildman–Crippen LogP) is 1.58. The number of benzene rings is 1. The van der Waals surface area contributed by atoms with Crippen molar-refractivity contribution in [1.29, 1.82) is 0 Å². The van der Waals surface area contributed by atoms with Gasteiger partial charge in [-0.1, -0.05) is 17.7 Å². The monoisotopic (exact) mass is 205 g/mol. The first-order valence-corrected chi connectivity index (χ1v) is 4.77. The molecule has 1 saturated heterocycles. The summed E-state index contributed by atoms with van der Waals surface area (Å²) in [5.74, 6) is -0.548. The van der Waals surface area contributed by atoms with E-state index in [-0.39, 0.29) is 24.7 Å². The summed E-state index contributed by atoms with van der Waals surface area (Å²) in [6, 6.07) is 7.24. The van der Waals surface area contributed by atoms with Gasteiger partial charge in [-0.15, -0.1) is 5.06 Å². The number of amides is 1. The number of hydroxylamine groups is 1. The number of carbonyl (C=O) groups is 2. The molecule has 0 aromatic heterocycles. The van der Waals surface area contributed by atoms with E-state index in [0.717, 1.165) is 10.6 Å². The molecule has 0 saturated carbocycles. The number of anilines is 1. The minimum Gasteiger partial charge on any atom is -0.333 e. The fraction of sp³-hybridized carbons (Fsp3) is 0.273. The second-order valence-corrected chi connectivity index (χ2v) is 3.49. The highest BCUT2D eigenvalue weighted by atomic mass is 16.7. The van der Waals surface area contributed by atoms with Gasteiger partial charge >= 0.3 is 5.97 Å². The van der Waals surface area contributed by atoms with Crippen LogP contribution in [0.1, 0.15) is 18.4 Å². The smallest absolute Gasteiger partial charge is 0.333 e. The third-order valence-corrected chi connectivity index (χ3v) is 2.23. The molecule has 15 heavy (non-hydrogen) atoms. The molecule has 0 bridgehead atoms. The molecule has 2 rings (SSSR count). The maximum atomic E-state index is 11.5. The molecule has 0 atom stereocenters. The van der Waals surface area contributed by atoms with Crippen LogP contribution >= 0.6 is 0 Å². The van der Waals surface area contributed by atoms with Gasteiger partial charge in [0.05, 0.1) is 12.1 Å². The Bertz CT molecular complexity index is 397. The first-order valence-electron chi connectivity index (χ1n) is 4.77. The molecular weight excluding hydrogens is 194 g/mol. The van der Waals surface area contributed by atoms with Crippen LogP contribution in [0.3, 0.4) is 0 Å². The van der Waals surface area contributed by atoms with Crippen LogP contribution in [0.4, 0.5) is 5.69 Å². The highest BCUT2D eigenvalue weighted by Crippen LogP contribution is 2.20.